The predicted molar refractivity (Wildman–Crippen MR) is 87.4 cm³/mol. The van der Waals surface area contributed by atoms with Crippen LogP contribution in [0.1, 0.15) is 11.1 Å². The van der Waals surface area contributed by atoms with Crippen molar-refractivity contribution in [2.75, 3.05) is 5.73 Å². The van der Waals surface area contributed by atoms with Crippen molar-refractivity contribution < 1.29 is 0 Å². The van der Waals surface area contributed by atoms with Gasteiger partial charge in [-0.2, -0.15) is 5.10 Å². The number of benzene rings is 2. The van der Waals surface area contributed by atoms with Crippen molar-refractivity contribution >= 4 is 17.3 Å². The van der Waals surface area contributed by atoms with E-state index in [1.165, 1.54) is 11.1 Å². The Morgan fingerprint density at radius 3 is 2.62 bits per heavy atom. The number of aromatic nitrogens is 2. The van der Waals surface area contributed by atoms with Gasteiger partial charge in [-0.3, -0.25) is 4.68 Å². The van der Waals surface area contributed by atoms with Crippen LogP contribution in [0, 0.1) is 6.92 Å². The number of rotatable bonds is 3. The Balaban J connectivity index is 1.89. The van der Waals surface area contributed by atoms with Crippen LogP contribution in [-0.2, 0) is 6.54 Å². The highest BCUT2D eigenvalue weighted by Gasteiger charge is 2.09. The second-order valence-electron chi connectivity index (χ2n) is 5.13. The molecule has 0 bridgehead atoms. The molecule has 0 unspecified atom stereocenters. The van der Waals surface area contributed by atoms with Crippen molar-refractivity contribution in [1.29, 1.82) is 0 Å². The molecule has 3 aromatic rings. The molecule has 1 heterocycles. The third-order valence-corrected chi connectivity index (χ3v) is 3.59. The van der Waals surface area contributed by atoms with Crippen molar-refractivity contribution in [2.45, 2.75) is 13.5 Å². The standard InChI is InChI=1S/C17H16ClN3/c1-12-3-2-4-13(9-12)10-21-11-16(19)17(20-21)14-5-7-15(18)8-6-14/h2-9,11H,10,19H2,1H3. The smallest absolute Gasteiger partial charge is 0.115 e. The topological polar surface area (TPSA) is 43.8 Å². The normalized spacial score (nSPS) is 10.8. The molecule has 0 spiro atoms. The SMILES string of the molecule is Cc1cccc(Cn2cc(N)c(-c3ccc(Cl)cc3)n2)c1. The first-order chi connectivity index (χ1) is 10.1. The molecule has 21 heavy (non-hydrogen) atoms. The zero-order valence-electron chi connectivity index (χ0n) is 11.8. The van der Waals surface area contributed by atoms with Crippen LogP contribution in [0.15, 0.2) is 54.7 Å². The van der Waals surface area contributed by atoms with Gasteiger partial charge in [-0.15, -0.1) is 0 Å². The minimum Gasteiger partial charge on any atom is -0.396 e. The summed E-state index contributed by atoms with van der Waals surface area (Å²) in [5, 5.41) is 5.29. The lowest BCUT2D eigenvalue weighted by atomic mass is 10.1. The molecule has 0 fully saturated rings. The number of nitrogens with zero attached hydrogens (tertiary/aromatic N) is 2. The zero-order chi connectivity index (χ0) is 14.8. The Morgan fingerprint density at radius 2 is 1.90 bits per heavy atom. The summed E-state index contributed by atoms with van der Waals surface area (Å²) in [6, 6.07) is 15.9. The molecule has 0 radical (unpaired) electrons. The Bertz CT molecular complexity index is 760. The maximum atomic E-state index is 6.08. The molecule has 1 aromatic heterocycles. The molecule has 0 aliphatic rings. The van der Waals surface area contributed by atoms with Crippen molar-refractivity contribution in [2.24, 2.45) is 0 Å². The van der Waals surface area contributed by atoms with Crippen LogP contribution in [-0.4, -0.2) is 9.78 Å². The molecule has 0 saturated heterocycles. The van der Waals surface area contributed by atoms with Crippen molar-refractivity contribution in [3.05, 3.63) is 70.9 Å². The first kappa shape index (κ1) is 13.7. The van der Waals surface area contributed by atoms with E-state index < -0.39 is 0 Å². The highest BCUT2D eigenvalue weighted by Crippen LogP contribution is 2.25. The summed E-state index contributed by atoms with van der Waals surface area (Å²) in [5.74, 6) is 0. The van der Waals surface area contributed by atoms with E-state index in [9.17, 15) is 0 Å². The average molecular weight is 298 g/mol. The Labute approximate surface area is 129 Å². The predicted octanol–water partition coefficient (Wildman–Crippen LogP) is 4.14. The number of aryl methyl sites for hydroxylation is 1. The summed E-state index contributed by atoms with van der Waals surface area (Å²) >= 11 is 5.91. The Hall–Kier alpha value is -2.26. The average Bonchev–Trinajstić information content (AvgIpc) is 2.80. The van der Waals surface area contributed by atoms with Gasteiger partial charge in [0, 0.05) is 16.8 Å². The van der Waals surface area contributed by atoms with E-state index in [0.29, 0.717) is 17.3 Å². The van der Waals surface area contributed by atoms with Crippen LogP contribution in [0.4, 0.5) is 5.69 Å². The molecule has 0 amide bonds. The van der Waals surface area contributed by atoms with Crippen LogP contribution >= 0.6 is 11.6 Å². The highest BCUT2D eigenvalue weighted by molar-refractivity contribution is 6.30. The number of anilines is 1. The van der Waals surface area contributed by atoms with Crippen LogP contribution in [0.25, 0.3) is 11.3 Å². The van der Waals surface area contributed by atoms with Gasteiger partial charge < -0.3 is 5.73 Å². The number of hydrogen-bond acceptors (Lipinski definition) is 2. The van der Waals surface area contributed by atoms with Crippen molar-refractivity contribution in [3.63, 3.8) is 0 Å². The largest absolute Gasteiger partial charge is 0.396 e. The summed E-state index contributed by atoms with van der Waals surface area (Å²) < 4.78 is 1.87. The monoisotopic (exact) mass is 297 g/mol. The molecule has 3 rings (SSSR count). The van der Waals surface area contributed by atoms with E-state index in [0.717, 1.165) is 11.3 Å². The summed E-state index contributed by atoms with van der Waals surface area (Å²) in [6.07, 6.45) is 1.87. The first-order valence-electron chi connectivity index (χ1n) is 6.76. The van der Waals surface area contributed by atoms with Gasteiger partial charge in [-0.05, 0) is 24.6 Å². The Kier molecular flexibility index (Phi) is 3.67. The first-order valence-corrected chi connectivity index (χ1v) is 7.14. The number of nitrogen functional groups attached to an aromatic ring is 1. The van der Waals surface area contributed by atoms with Gasteiger partial charge in [0.05, 0.1) is 12.2 Å². The number of halogens is 1. The van der Waals surface area contributed by atoms with Gasteiger partial charge in [0.15, 0.2) is 0 Å². The fourth-order valence-electron chi connectivity index (χ4n) is 2.35. The van der Waals surface area contributed by atoms with Gasteiger partial charge in [-0.1, -0.05) is 53.6 Å². The van der Waals surface area contributed by atoms with Crippen molar-refractivity contribution in [1.82, 2.24) is 9.78 Å². The fraction of sp³-hybridized carbons (Fsp3) is 0.118. The molecular formula is C17H16ClN3. The second-order valence-corrected chi connectivity index (χ2v) is 5.56. The van der Waals surface area contributed by atoms with Gasteiger partial charge in [0.25, 0.3) is 0 Å². The number of hydrogen-bond donors (Lipinski definition) is 1. The van der Waals surface area contributed by atoms with E-state index >= 15 is 0 Å². The highest BCUT2D eigenvalue weighted by atomic mass is 35.5. The van der Waals surface area contributed by atoms with Crippen LogP contribution < -0.4 is 5.73 Å². The minimum absolute atomic E-state index is 0.671. The van der Waals surface area contributed by atoms with Gasteiger partial charge in [0.1, 0.15) is 5.69 Å². The van der Waals surface area contributed by atoms with Gasteiger partial charge >= 0.3 is 0 Å². The third-order valence-electron chi connectivity index (χ3n) is 3.33. The molecule has 0 atom stereocenters. The summed E-state index contributed by atoms with van der Waals surface area (Å²) in [5.41, 5.74) is 11.0. The molecule has 3 nitrogen and oxygen atoms in total. The summed E-state index contributed by atoms with van der Waals surface area (Å²) in [6.45, 7) is 2.79. The van der Waals surface area contributed by atoms with Crippen LogP contribution in [0.5, 0.6) is 0 Å². The fourth-order valence-corrected chi connectivity index (χ4v) is 2.47. The summed E-state index contributed by atoms with van der Waals surface area (Å²) in [7, 11) is 0. The molecule has 0 aliphatic heterocycles. The summed E-state index contributed by atoms with van der Waals surface area (Å²) in [4.78, 5) is 0. The molecule has 0 aliphatic carbocycles. The van der Waals surface area contributed by atoms with Gasteiger partial charge in [-0.25, -0.2) is 0 Å². The molecular weight excluding hydrogens is 282 g/mol. The second kappa shape index (κ2) is 5.62. The maximum absolute atomic E-state index is 6.08. The molecule has 4 heteroatoms. The molecule has 2 aromatic carbocycles. The van der Waals surface area contributed by atoms with E-state index in [1.54, 1.807) is 0 Å². The van der Waals surface area contributed by atoms with Gasteiger partial charge in [0.2, 0.25) is 0 Å². The maximum Gasteiger partial charge on any atom is 0.115 e. The number of nitrogens with two attached hydrogens (primary N) is 1. The lowest BCUT2D eigenvalue weighted by Gasteiger charge is -2.03. The molecule has 0 saturated carbocycles. The quantitative estimate of drug-likeness (QED) is 0.789. The van der Waals surface area contributed by atoms with E-state index in [2.05, 4.69) is 36.3 Å². The third kappa shape index (κ3) is 3.09. The molecule has 106 valence electrons. The van der Waals surface area contributed by atoms with E-state index in [4.69, 9.17) is 17.3 Å². The van der Waals surface area contributed by atoms with E-state index in [1.807, 2.05) is 35.1 Å². The van der Waals surface area contributed by atoms with Crippen LogP contribution in [0.2, 0.25) is 5.02 Å². The lowest BCUT2D eigenvalue weighted by Crippen LogP contribution is -2.00. The van der Waals surface area contributed by atoms with Crippen LogP contribution in [0.3, 0.4) is 0 Å². The van der Waals surface area contributed by atoms with Crippen molar-refractivity contribution in [3.8, 4) is 11.3 Å². The lowest BCUT2D eigenvalue weighted by molar-refractivity contribution is 0.689. The van der Waals surface area contributed by atoms with E-state index in [-0.39, 0.29) is 0 Å². The Morgan fingerprint density at radius 1 is 1.14 bits per heavy atom. The molecule has 2 N–H and O–H groups in total. The zero-order valence-corrected chi connectivity index (χ0v) is 12.5. The minimum atomic E-state index is 0.671.